The zero-order valence-electron chi connectivity index (χ0n) is 11.9. The van der Waals surface area contributed by atoms with Crippen LogP contribution in [0.15, 0.2) is 12.1 Å². The molecule has 19 heavy (non-hydrogen) atoms. The van der Waals surface area contributed by atoms with Gasteiger partial charge in [0.05, 0.1) is 6.10 Å². The molecule has 1 aromatic rings. The summed E-state index contributed by atoms with van der Waals surface area (Å²) in [6.07, 6.45) is 5.08. The fourth-order valence-corrected chi connectivity index (χ4v) is 3.26. The molecule has 0 bridgehead atoms. The molecule has 1 aliphatic heterocycles. The Balaban J connectivity index is 1.47. The summed E-state index contributed by atoms with van der Waals surface area (Å²) >= 11 is 1.92. The van der Waals surface area contributed by atoms with Crippen LogP contribution in [-0.4, -0.2) is 32.3 Å². The largest absolute Gasteiger partial charge is 0.378 e. The second-order valence-corrected chi connectivity index (χ2v) is 6.32. The van der Waals surface area contributed by atoms with Crippen molar-refractivity contribution < 1.29 is 4.74 Å². The van der Waals surface area contributed by atoms with Crippen molar-refractivity contribution >= 4 is 11.3 Å². The molecule has 2 rings (SSSR count). The average molecular weight is 282 g/mol. The predicted octanol–water partition coefficient (Wildman–Crippen LogP) is 2.56. The smallest absolute Gasteiger partial charge is 0.0599 e. The van der Waals surface area contributed by atoms with Crippen LogP contribution >= 0.6 is 11.3 Å². The SMILES string of the molecule is CCc1ccc(CNCCCOC2CCNCC2)s1. The molecule has 0 aliphatic carbocycles. The van der Waals surface area contributed by atoms with Crippen LogP contribution in [0.2, 0.25) is 0 Å². The third-order valence-electron chi connectivity index (χ3n) is 3.50. The first-order valence-corrected chi connectivity index (χ1v) is 8.30. The molecule has 0 atom stereocenters. The monoisotopic (exact) mass is 282 g/mol. The minimum Gasteiger partial charge on any atom is -0.378 e. The lowest BCUT2D eigenvalue weighted by atomic mass is 10.1. The number of nitrogens with one attached hydrogen (secondary N) is 2. The summed E-state index contributed by atoms with van der Waals surface area (Å²) in [4.78, 5) is 2.92. The summed E-state index contributed by atoms with van der Waals surface area (Å²) in [6, 6.07) is 4.48. The van der Waals surface area contributed by atoms with E-state index in [9.17, 15) is 0 Å². The van der Waals surface area contributed by atoms with Gasteiger partial charge in [0.1, 0.15) is 0 Å². The molecular formula is C15H26N2OS. The maximum absolute atomic E-state index is 5.88. The van der Waals surface area contributed by atoms with Gasteiger partial charge in [-0.25, -0.2) is 0 Å². The van der Waals surface area contributed by atoms with Crippen LogP contribution in [-0.2, 0) is 17.7 Å². The quantitative estimate of drug-likeness (QED) is 0.719. The fourth-order valence-electron chi connectivity index (χ4n) is 2.33. The van der Waals surface area contributed by atoms with E-state index < -0.39 is 0 Å². The standard InChI is InChI=1S/C15H26N2OS/c1-2-14-4-5-15(19-14)12-17-8-3-11-18-13-6-9-16-10-7-13/h4-5,13,16-17H,2-3,6-12H2,1H3. The highest BCUT2D eigenvalue weighted by atomic mass is 32.1. The Labute approximate surface area is 120 Å². The highest BCUT2D eigenvalue weighted by Crippen LogP contribution is 2.16. The van der Waals surface area contributed by atoms with Crippen LogP contribution in [0.4, 0.5) is 0 Å². The fraction of sp³-hybridized carbons (Fsp3) is 0.733. The molecule has 0 spiro atoms. The highest BCUT2D eigenvalue weighted by Gasteiger charge is 2.12. The molecule has 4 heteroatoms. The summed E-state index contributed by atoms with van der Waals surface area (Å²) in [5.74, 6) is 0. The van der Waals surface area contributed by atoms with Gasteiger partial charge in [-0.2, -0.15) is 0 Å². The lowest BCUT2D eigenvalue weighted by Gasteiger charge is -2.22. The van der Waals surface area contributed by atoms with Crippen LogP contribution in [0.25, 0.3) is 0 Å². The Hall–Kier alpha value is -0.420. The highest BCUT2D eigenvalue weighted by molar-refractivity contribution is 7.11. The van der Waals surface area contributed by atoms with Gasteiger partial charge in [-0.05, 0) is 57.5 Å². The Kier molecular flexibility index (Phi) is 6.85. The lowest BCUT2D eigenvalue weighted by Crippen LogP contribution is -2.32. The van der Waals surface area contributed by atoms with E-state index in [2.05, 4.69) is 29.7 Å². The molecule has 1 aromatic heterocycles. The van der Waals surface area contributed by atoms with Gasteiger partial charge in [-0.15, -0.1) is 11.3 Å². The number of ether oxygens (including phenoxy) is 1. The van der Waals surface area contributed by atoms with Crippen LogP contribution in [0.3, 0.4) is 0 Å². The molecule has 0 saturated carbocycles. The van der Waals surface area contributed by atoms with Gasteiger partial charge in [0, 0.05) is 22.9 Å². The first-order valence-electron chi connectivity index (χ1n) is 7.49. The van der Waals surface area contributed by atoms with Crippen molar-refractivity contribution in [1.29, 1.82) is 0 Å². The van der Waals surface area contributed by atoms with Crippen molar-refractivity contribution in [2.45, 2.75) is 45.3 Å². The number of hydrogen-bond donors (Lipinski definition) is 2. The number of piperidine rings is 1. The Morgan fingerprint density at radius 1 is 1.32 bits per heavy atom. The van der Waals surface area contributed by atoms with E-state index >= 15 is 0 Å². The Morgan fingerprint density at radius 3 is 2.84 bits per heavy atom. The third-order valence-corrected chi connectivity index (χ3v) is 4.73. The van der Waals surface area contributed by atoms with Crippen LogP contribution < -0.4 is 10.6 Å². The van der Waals surface area contributed by atoms with Crippen LogP contribution in [0.1, 0.15) is 35.9 Å². The first-order chi connectivity index (χ1) is 9.38. The molecule has 1 fully saturated rings. The maximum Gasteiger partial charge on any atom is 0.0599 e. The molecule has 2 N–H and O–H groups in total. The second kappa shape index (κ2) is 8.69. The van der Waals surface area contributed by atoms with Gasteiger partial charge in [-0.3, -0.25) is 0 Å². The zero-order valence-corrected chi connectivity index (χ0v) is 12.7. The first kappa shape index (κ1) is 15.0. The van der Waals surface area contributed by atoms with Gasteiger partial charge in [-0.1, -0.05) is 6.92 Å². The molecule has 1 aliphatic rings. The predicted molar refractivity (Wildman–Crippen MR) is 81.9 cm³/mol. The van der Waals surface area contributed by atoms with Gasteiger partial charge in [0.25, 0.3) is 0 Å². The second-order valence-electron chi connectivity index (χ2n) is 5.07. The summed E-state index contributed by atoms with van der Waals surface area (Å²) in [5.41, 5.74) is 0. The van der Waals surface area contributed by atoms with E-state index in [0.717, 1.165) is 45.6 Å². The molecule has 1 saturated heterocycles. The van der Waals surface area contributed by atoms with Crippen molar-refractivity contribution in [3.63, 3.8) is 0 Å². The number of rotatable bonds is 8. The molecule has 2 heterocycles. The normalized spacial score (nSPS) is 16.9. The lowest BCUT2D eigenvalue weighted by molar-refractivity contribution is 0.0317. The molecule has 0 amide bonds. The molecule has 108 valence electrons. The zero-order chi connectivity index (χ0) is 13.3. The van der Waals surface area contributed by atoms with Gasteiger partial charge >= 0.3 is 0 Å². The van der Waals surface area contributed by atoms with Gasteiger partial charge < -0.3 is 15.4 Å². The van der Waals surface area contributed by atoms with E-state index in [1.165, 1.54) is 22.6 Å². The maximum atomic E-state index is 5.88. The van der Waals surface area contributed by atoms with E-state index in [1.54, 1.807) is 0 Å². The summed E-state index contributed by atoms with van der Waals surface area (Å²) in [6.45, 7) is 7.37. The topological polar surface area (TPSA) is 33.3 Å². The molecular weight excluding hydrogens is 256 g/mol. The van der Waals surface area contributed by atoms with Crippen molar-refractivity contribution in [3.05, 3.63) is 21.9 Å². The minimum absolute atomic E-state index is 0.491. The Morgan fingerprint density at radius 2 is 2.11 bits per heavy atom. The minimum atomic E-state index is 0.491. The molecule has 0 aromatic carbocycles. The third kappa shape index (κ3) is 5.61. The van der Waals surface area contributed by atoms with Crippen molar-refractivity contribution in [2.24, 2.45) is 0 Å². The molecule has 0 radical (unpaired) electrons. The number of aryl methyl sites for hydroxylation is 1. The number of thiophene rings is 1. The van der Waals surface area contributed by atoms with Crippen LogP contribution in [0, 0.1) is 0 Å². The summed E-state index contributed by atoms with van der Waals surface area (Å²) in [7, 11) is 0. The molecule has 3 nitrogen and oxygen atoms in total. The van der Waals surface area contributed by atoms with E-state index in [1.807, 2.05) is 11.3 Å². The number of hydrogen-bond acceptors (Lipinski definition) is 4. The van der Waals surface area contributed by atoms with Crippen molar-refractivity contribution in [3.8, 4) is 0 Å². The van der Waals surface area contributed by atoms with Crippen molar-refractivity contribution in [2.75, 3.05) is 26.2 Å². The van der Waals surface area contributed by atoms with E-state index in [4.69, 9.17) is 4.74 Å². The average Bonchev–Trinajstić information content (AvgIpc) is 2.92. The van der Waals surface area contributed by atoms with Crippen LogP contribution in [0.5, 0.6) is 0 Å². The summed E-state index contributed by atoms with van der Waals surface area (Å²) < 4.78 is 5.88. The summed E-state index contributed by atoms with van der Waals surface area (Å²) in [5, 5.41) is 6.85. The van der Waals surface area contributed by atoms with Gasteiger partial charge in [0.15, 0.2) is 0 Å². The Bertz CT molecular complexity index is 348. The van der Waals surface area contributed by atoms with Crippen molar-refractivity contribution in [1.82, 2.24) is 10.6 Å². The molecule has 0 unspecified atom stereocenters. The van der Waals surface area contributed by atoms with Gasteiger partial charge in [0.2, 0.25) is 0 Å². The van der Waals surface area contributed by atoms with E-state index in [0.29, 0.717) is 6.10 Å². The van der Waals surface area contributed by atoms with E-state index in [-0.39, 0.29) is 0 Å².